The second-order valence-corrected chi connectivity index (χ2v) is 8.49. The Morgan fingerprint density at radius 3 is 2.20 bits per heavy atom. The van der Waals surface area contributed by atoms with Crippen molar-refractivity contribution < 1.29 is 28.9 Å². The number of amides is 1. The van der Waals surface area contributed by atoms with E-state index >= 15 is 0 Å². The number of benzene rings is 2. The fourth-order valence-electron chi connectivity index (χ4n) is 3.95. The topological polar surface area (TPSA) is 85.3 Å². The van der Waals surface area contributed by atoms with Crippen molar-refractivity contribution in [3.8, 4) is 11.5 Å². The van der Waals surface area contributed by atoms with Crippen LogP contribution in [-0.2, 0) is 14.3 Å². The molecule has 1 amide bonds. The van der Waals surface area contributed by atoms with Crippen LogP contribution in [0.1, 0.15) is 56.7 Å². The van der Waals surface area contributed by atoms with E-state index in [2.05, 4.69) is 13.8 Å². The van der Waals surface area contributed by atoms with Gasteiger partial charge in [0, 0.05) is 19.2 Å². The molecule has 0 bridgehead atoms. The summed E-state index contributed by atoms with van der Waals surface area (Å²) in [6.45, 7) is 5.86. The summed E-state index contributed by atoms with van der Waals surface area (Å²) in [4.78, 5) is 27.5. The molecule has 3 rings (SSSR count). The summed E-state index contributed by atoms with van der Waals surface area (Å²) in [7, 11) is 1.54. The van der Waals surface area contributed by atoms with Gasteiger partial charge in [0.1, 0.15) is 17.3 Å². The summed E-state index contributed by atoms with van der Waals surface area (Å²) in [5.74, 6) is -0.289. The van der Waals surface area contributed by atoms with Crippen LogP contribution in [0, 0.1) is 0 Å². The molecule has 1 aliphatic rings. The molecule has 0 aromatic heterocycles. The summed E-state index contributed by atoms with van der Waals surface area (Å²) in [6, 6.07) is 13.5. The first-order valence-corrected chi connectivity index (χ1v) is 12.2. The highest BCUT2D eigenvalue weighted by molar-refractivity contribution is 6.46. The molecule has 1 fully saturated rings. The van der Waals surface area contributed by atoms with E-state index in [9.17, 15) is 14.7 Å². The van der Waals surface area contributed by atoms with Gasteiger partial charge in [-0.15, -0.1) is 0 Å². The number of ether oxygens (including phenoxy) is 3. The maximum atomic E-state index is 13.1. The molecule has 1 saturated heterocycles. The van der Waals surface area contributed by atoms with Gasteiger partial charge >= 0.3 is 0 Å². The Balaban J connectivity index is 1.99. The highest BCUT2D eigenvalue weighted by Crippen LogP contribution is 2.40. The number of aliphatic hydroxyl groups is 1. The molecule has 1 atom stereocenters. The van der Waals surface area contributed by atoms with Gasteiger partial charge in [-0.2, -0.15) is 0 Å². The zero-order valence-corrected chi connectivity index (χ0v) is 20.8. The number of aliphatic hydroxyl groups excluding tert-OH is 1. The van der Waals surface area contributed by atoms with Crippen LogP contribution >= 0.6 is 0 Å². The van der Waals surface area contributed by atoms with Crippen LogP contribution in [0.4, 0.5) is 0 Å². The van der Waals surface area contributed by atoms with Crippen molar-refractivity contribution >= 4 is 17.4 Å². The van der Waals surface area contributed by atoms with Gasteiger partial charge in [0.25, 0.3) is 11.7 Å². The first-order chi connectivity index (χ1) is 17.0. The van der Waals surface area contributed by atoms with E-state index in [-0.39, 0.29) is 24.5 Å². The lowest BCUT2D eigenvalue weighted by molar-refractivity contribution is -0.140. The minimum atomic E-state index is -0.737. The number of likely N-dealkylation sites (tertiary alicyclic amines) is 1. The average molecular weight is 482 g/mol. The van der Waals surface area contributed by atoms with Crippen molar-refractivity contribution in [2.75, 3.05) is 33.5 Å². The molecule has 1 unspecified atom stereocenters. The molecule has 0 radical (unpaired) electrons. The number of Topliss-reactive ketones (excluding diaryl/α,β-unsaturated/α-hetero) is 1. The minimum Gasteiger partial charge on any atom is -0.507 e. The maximum absolute atomic E-state index is 13.1. The Morgan fingerprint density at radius 1 is 0.914 bits per heavy atom. The zero-order chi connectivity index (χ0) is 25.2. The van der Waals surface area contributed by atoms with Crippen molar-refractivity contribution in [1.29, 1.82) is 0 Å². The molecule has 7 nitrogen and oxygen atoms in total. The maximum Gasteiger partial charge on any atom is 0.295 e. The molecular weight excluding hydrogens is 446 g/mol. The van der Waals surface area contributed by atoms with E-state index in [1.807, 2.05) is 24.3 Å². The predicted molar refractivity (Wildman–Crippen MR) is 135 cm³/mol. The third-order valence-corrected chi connectivity index (χ3v) is 5.91. The number of methoxy groups -OCH3 is 1. The summed E-state index contributed by atoms with van der Waals surface area (Å²) in [6.07, 6.45) is 3.92. The van der Waals surface area contributed by atoms with Gasteiger partial charge in [-0.3, -0.25) is 9.59 Å². The number of carbonyl (C=O) groups excluding carboxylic acids is 2. The van der Waals surface area contributed by atoms with Crippen molar-refractivity contribution in [2.45, 2.75) is 45.6 Å². The van der Waals surface area contributed by atoms with Crippen molar-refractivity contribution in [3.05, 3.63) is 65.2 Å². The number of carbonyl (C=O) groups is 2. The number of rotatable bonds is 13. The second-order valence-electron chi connectivity index (χ2n) is 8.49. The lowest BCUT2D eigenvalue weighted by Gasteiger charge is -2.25. The standard InChI is InChI=1S/C28H35NO6/c1-4-6-16-34-22-13-11-20(12-14-22)25-24(27(31)28(32)29(25)15-18-33-3)26(30)21-9-8-10-23(19-21)35-17-7-5-2/h8-14,19,25,30H,4-7,15-18H2,1-3H3. The molecule has 2 aromatic rings. The SMILES string of the molecule is CCCCOc1ccc(C2C(=C(O)c3cccc(OCCCC)c3)C(=O)C(=O)N2CCOC)cc1. The normalized spacial score (nSPS) is 17.1. The molecule has 7 heteroatoms. The Hall–Kier alpha value is -3.32. The molecule has 1 N–H and O–H groups in total. The molecular formula is C28H35NO6. The first-order valence-electron chi connectivity index (χ1n) is 12.2. The lowest BCUT2D eigenvalue weighted by atomic mass is 9.95. The number of hydrogen-bond donors (Lipinski definition) is 1. The third kappa shape index (κ3) is 6.42. The highest BCUT2D eigenvalue weighted by Gasteiger charge is 2.45. The van der Waals surface area contributed by atoms with Gasteiger partial charge < -0.3 is 24.2 Å². The van der Waals surface area contributed by atoms with Crippen LogP contribution in [0.3, 0.4) is 0 Å². The number of ketones is 1. The van der Waals surface area contributed by atoms with Crippen LogP contribution in [0.15, 0.2) is 54.1 Å². The largest absolute Gasteiger partial charge is 0.507 e. The Kier molecular flexibility index (Phi) is 9.73. The summed E-state index contributed by atoms with van der Waals surface area (Å²) in [5, 5.41) is 11.2. The third-order valence-electron chi connectivity index (χ3n) is 5.91. The van der Waals surface area contributed by atoms with Crippen LogP contribution in [-0.4, -0.2) is 55.2 Å². The molecule has 1 aliphatic heterocycles. The van der Waals surface area contributed by atoms with Crippen molar-refractivity contribution in [1.82, 2.24) is 4.90 Å². The van der Waals surface area contributed by atoms with Crippen LogP contribution in [0.5, 0.6) is 11.5 Å². The smallest absolute Gasteiger partial charge is 0.295 e. The molecule has 188 valence electrons. The van der Waals surface area contributed by atoms with Gasteiger partial charge in [-0.25, -0.2) is 0 Å². The molecule has 0 aliphatic carbocycles. The van der Waals surface area contributed by atoms with E-state index in [0.717, 1.165) is 25.7 Å². The fraction of sp³-hybridized carbons (Fsp3) is 0.429. The van der Waals surface area contributed by atoms with Gasteiger partial charge in [0.05, 0.1) is 31.4 Å². The van der Waals surface area contributed by atoms with Gasteiger partial charge in [0.15, 0.2) is 0 Å². The highest BCUT2D eigenvalue weighted by atomic mass is 16.5. The van der Waals surface area contributed by atoms with E-state index in [1.54, 1.807) is 24.3 Å². The van der Waals surface area contributed by atoms with Gasteiger partial charge in [-0.05, 0) is 42.7 Å². The van der Waals surface area contributed by atoms with E-state index in [4.69, 9.17) is 14.2 Å². The summed E-state index contributed by atoms with van der Waals surface area (Å²) in [5.41, 5.74) is 1.18. The fourth-order valence-corrected chi connectivity index (χ4v) is 3.95. The summed E-state index contributed by atoms with van der Waals surface area (Å²) >= 11 is 0. The van der Waals surface area contributed by atoms with Crippen LogP contribution < -0.4 is 9.47 Å². The lowest BCUT2D eigenvalue weighted by Crippen LogP contribution is -2.32. The zero-order valence-electron chi connectivity index (χ0n) is 20.8. The Morgan fingerprint density at radius 2 is 1.57 bits per heavy atom. The van der Waals surface area contributed by atoms with Crippen molar-refractivity contribution in [2.24, 2.45) is 0 Å². The molecule has 0 spiro atoms. The van der Waals surface area contributed by atoms with Crippen molar-refractivity contribution in [3.63, 3.8) is 0 Å². The minimum absolute atomic E-state index is 0.0523. The predicted octanol–water partition coefficient (Wildman–Crippen LogP) is 5.11. The van der Waals surface area contributed by atoms with E-state index in [1.165, 1.54) is 12.0 Å². The molecule has 2 aromatic carbocycles. The number of nitrogens with zero attached hydrogens (tertiary/aromatic N) is 1. The summed E-state index contributed by atoms with van der Waals surface area (Å²) < 4.78 is 16.7. The quantitative estimate of drug-likeness (QED) is 0.185. The van der Waals surface area contributed by atoms with Gasteiger partial charge in [-0.1, -0.05) is 51.0 Å². The Bertz CT molecular complexity index is 1030. The Labute approximate surface area is 207 Å². The second kappa shape index (κ2) is 13.0. The van der Waals surface area contributed by atoms with Crippen LogP contribution in [0.2, 0.25) is 0 Å². The van der Waals surface area contributed by atoms with Gasteiger partial charge in [0.2, 0.25) is 0 Å². The first kappa shape index (κ1) is 26.3. The molecule has 1 heterocycles. The molecule has 35 heavy (non-hydrogen) atoms. The van der Waals surface area contributed by atoms with E-state index in [0.29, 0.717) is 35.8 Å². The monoisotopic (exact) mass is 481 g/mol. The van der Waals surface area contributed by atoms with E-state index < -0.39 is 17.7 Å². The average Bonchev–Trinajstić information content (AvgIpc) is 3.13. The number of hydrogen-bond acceptors (Lipinski definition) is 6. The number of unbranched alkanes of at least 4 members (excludes halogenated alkanes) is 2. The molecule has 0 saturated carbocycles. The van der Waals surface area contributed by atoms with Crippen LogP contribution in [0.25, 0.3) is 5.76 Å².